The standard InChI is InChI=1S/C23H26FN3O.C2H4F2/c1-4-18-13-25-23(26-14-18)27(15-19-5-8-21(24)9-6-19)12-11-20-7-10-22(28)17(3)16(20)2;1-2(3)4/h5-10,13-14,28H,4,11-12,15H2,1-3H3;2H,1H3. The van der Waals surface area contributed by atoms with Crippen molar-refractivity contribution in [2.24, 2.45) is 0 Å². The molecule has 0 aliphatic carbocycles. The Morgan fingerprint density at radius 2 is 1.53 bits per heavy atom. The Kier molecular flexibility index (Phi) is 9.50. The summed E-state index contributed by atoms with van der Waals surface area (Å²) in [6.07, 6.45) is 3.24. The Hall–Kier alpha value is -3.09. The second-order valence-electron chi connectivity index (χ2n) is 7.56. The zero-order chi connectivity index (χ0) is 23.7. The van der Waals surface area contributed by atoms with Crippen LogP contribution in [0.3, 0.4) is 0 Å². The molecule has 2 aromatic carbocycles. The van der Waals surface area contributed by atoms with Crippen molar-refractivity contribution in [3.63, 3.8) is 0 Å². The van der Waals surface area contributed by atoms with Gasteiger partial charge in [0.05, 0.1) is 0 Å². The maximum absolute atomic E-state index is 13.3. The molecular formula is C25H30F3N3O. The quantitative estimate of drug-likeness (QED) is 0.483. The number of halogens is 3. The number of hydrogen-bond acceptors (Lipinski definition) is 4. The fourth-order valence-corrected chi connectivity index (χ4v) is 3.14. The largest absolute Gasteiger partial charge is 0.508 e. The summed E-state index contributed by atoms with van der Waals surface area (Å²) in [4.78, 5) is 11.2. The smallest absolute Gasteiger partial charge is 0.235 e. The number of aromatic hydroxyl groups is 1. The zero-order valence-corrected chi connectivity index (χ0v) is 18.9. The first-order valence-electron chi connectivity index (χ1n) is 10.6. The number of benzene rings is 2. The van der Waals surface area contributed by atoms with Gasteiger partial charge in [-0.1, -0.05) is 25.1 Å². The van der Waals surface area contributed by atoms with E-state index in [4.69, 9.17) is 0 Å². The van der Waals surface area contributed by atoms with Crippen LogP contribution in [-0.4, -0.2) is 28.0 Å². The number of rotatable bonds is 7. The number of nitrogens with zero attached hydrogens (tertiary/aromatic N) is 3. The lowest BCUT2D eigenvalue weighted by Gasteiger charge is -2.23. The minimum Gasteiger partial charge on any atom is -0.508 e. The van der Waals surface area contributed by atoms with Crippen LogP contribution in [-0.2, 0) is 19.4 Å². The van der Waals surface area contributed by atoms with Gasteiger partial charge in [0.2, 0.25) is 12.4 Å². The van der Waals surface area contributed by atoms with Crippen LogP contribution >= 0.6 is 0 Å². The molecular weight excluding hydrogens is 415 g/mol. The summed E-state index contributed by atoms with van der Waals surface area (Å²) in [5.41, 5.74) is 5.29. The van der Waals surface area contributed by atoms with Crippen molar-refractivity contribution in [3.05, 3.63) is 82.4 Å². The highest BCUT2D eigenvalue weighted by Gasteiger charge is 2.13. The molecule has 4 nitrogen and oxygen atoms in total. The molecule has 0 spiro atoms. The number of phenolic OH excluding ortho intramolecular Hbond substituents is 1. The van der Waals surface area contributed by atoms with E-state index in [0.717, 1.165) is 42.0 Å². The van der Waals surface area contributed by atoms with Crippen molar-refractivity contribution in [1.82, 2.24) is 9.97 Å². The predicted molar refractivity (Wildman–Crippen MR) is 122 cm³/mol. The van der Waals surface area contributed by atoms with Gasteiger partial charge in [-0.05, 0) is 79.6 Å². The number of aromatic nitrogens is 2. The van der Waals surface area contributed by atoms with Crippen molar-refractivity contribution >= 4 is 5.95 Å². The number of phenols is 1. The van der Waals surface area contributed by atoms with E-state index in [1.54, 1.807) is 18.2 Å². The highest BCUT2D eigenvalue weighted by Crippen LogP contribution is 2.24. The monoisotopic (exact) mass is 445 g/mol. The molecule has 1 heterocycles. The molecule has 0 fully saturated rings. The third-order valence-corrected chi connectivity index (χ3v) is 5.19. The first kappa shape index (κ1) is 25.2. The van der Waals surface area contributed by atoms with E-state index in [9.17, 15) is 18.3 Å². The lowest BCUT2D eigenvalue weighted by atomic mass is 10.00. The summed E-state index contributed by atoms with van der Waals surface area (Å²) in [5.74, 6) is 0.742. The average molecular weight is 446 g/mol. The van der Waals surface area contributed by atoms with Crippen LogP contribution in [0.4, 0.5) is 19.1 Å². The minimum absolute atomic E-state index is 0.242. The molecule has 0 atom stereocenters. The van der Waals surface area contributed by atoms with E-state index in [1.165, 1.54) is 17.7 Å². The lowest BCUT2D eigenvalue weighted by Crippen LogP contribution is -2.27. The van der Waals surface area contributed by atoms with E-state index < -0.39 is 6.43 Å². The highest BCUT2D eigenvalue weighted by atomic mass is 19.3. The van der Waals surface area contributed by atoms with Crippen LogP contribution in [0.15, 0.2) is 48.8 Å². The van der Waals surface area contributed by atoms with E-state index in [2.05, 4.69) is 21.8 Å². The van der Waals surface area contributed by atoms with Gasteiger partial charge in [0.1, 0.15) is 11.6 Å². The third-order valence-electron chi connectivity index (χ3n) is 5.19. The molecule has 32 heavy (non-hydrogen) atoms. The number of anilines is 1. The Balaban J connectivity index is 0.000000837. The van der Waals surface area contributed by atoms with Gasteiger partial charge in [-0.2, -0.15) is 0 Å². The zero-order valence-electron chi connectivity index (χ0n) is 18.9. The molecule has 0 amide bonds. The Bertz CT molecular complexity index is 974. The Labute approximate surface area is 187 Å². The van der Waals surface area contributed by atoms with Gasteiger partial charge < -0.3 is 10.0 Å². The maximum atomic E-state index is 13.3. The van der Waals surface area contributed by atoms with Crippen molar-refractivity contribution in [2.45, 2.75) is 53.5 Å². The van der Waals surface area contributed by atoms with E-state index in [1.807, 2.05) is 32.3 Å². The van der Waals surface area contributed by atoms with Crippen LogP contribution in [0.5, 0.6) is 5.75 Å². The van der Waals surface area contributed by atoms with Gasteiger partial charge in [0.25, 0.3) is 0 Å². The first-order valence-corrected chi connectivity index (χ1v) is 10.6. The van der Waals surface area contributed by atoms with Crippen LogP contribution in [0, 0.1) is 19.7 Å². The van der Waals surface area contributed by atoms with Gasteiger partial charge >= 0.3 is 0 Å². The van der Waals surface area contributed by atoms with E-state index >= 15 is 0 Å². The van der Waals surface area contributed by atoms with Gasteiger partial charge in [-0.15, -0.1) is 0 Å². The second kappa shape index (κ2) is 12.1. The first-order chi connectivity index (χ1) is 15.2. The molecule has 3 rings (SSSR count). The Morgan fingerprint density at radius 3 is 2.09 bits per heavy atom. The molecule has 3 aromatic rings. The maximum Gasteiger partial charge on any atom is 0.235 e. The fraction of sp³-hybridized carbons (Fsp3) is 0.360. The molecule has 0 radical (unpaired) electrons. The SMILES string of the molecule is CC(F)F.CCc1cnc(N(CCc2ccc(O)c(C)c2C)Cc2ccc(F)cc2)nc1. The highest BCUT2D eigenvalue weighted by molar-refractivity contribution is 5.43. The predicted octanol–water partition coefficient (Wildman–Crippen LogP) is 6.02. The third kappa shape index (κ3) is 7.55. The summed E-state index contributed by atoms with van der Waals surface area (Å²) in [5, 5.41) is 9.89. The summed E-state index contributed by atoms with van der Waals surface area (Å²) >= 11 is 0. The van der Waals surface area contributed by atoms with Gasteiger partial charge in [-0.25, -0.2) is 23.1 Å². The second-order valence-corrected chi connectivity index (χ2v) is 7.56. The summed E-state index contributed by atoms with van der Waals surface area (Å²) in [6, 6.07) is 10.2. The van der Waals surface area contributed by atoms with Crippen molar-refractivity contribution in [3.8, 4) is 5.75 Å². The molecule has 0 saturated carbocycles. The summed E-state index contributed by atoms with van der Waals surface area (Å²) in [7, 11) is 0. The number of alkyl halides is 2. The van der Waals surface area contributed by atoms with Crippen LogP contribution in [0.1, 0.15) is 41.7 Å². The van der Waals surface area contributed by atoms with E-state index in [-0.39, 0.29) is 5.82 Å². The molecule has 0 aliphatic heterocycles. The van der Waals surface area contributed by atoms with Gasteiger partial charge in [-0.3, -0.25) is 0 Å². The van der Waals surface area contributed by atoms with E-state index in [0.29, 0.717) is 24.8 Å². The molecule has 172 valence electrons. The van der Waals surface area contributed by atoms with Crippen molar-refractivity contribution in [2.75, 3.05) is 11.4 Å². The van der Waals surface area contributed by atoms with Crippen molar-refractivity contribution in [1.29, 1.82) is 0 Å². The molecule has 0 unspecified atom stereocenters. The minimum atomic E-state index is -2.17. The fourth-order valence-electron chi connectivity index (χ4n) is 3.14. The lowest BCUT2D eigenvalue weighted by molar-refractivity contribution is 0.171. The molecule has 7 heteroatoms. The molecule has 1 aromatic heterocycles. The summed E-state index contributed by atoms with van der Waals surface area (Å²) < 4.78 is 33.9. The molecule has 0 bridgehead atoms. The average Bonchev–Trinajstić information content (AvgIpc) is 2.77. The topological polar surface area (TPSA) is 49.2 Å². The van der Waals surface area contributed by atoms with Crippen LogP contribution in [0.2, 0.25) is 0 Å². The molecule has 0 aliphatic rings. The Morgan fingerprint density at radius 1 is 0.938 bits per heavy atom. The number of hydrogen-bond donors (Lipinski definition) is 1. The molecule has 1 N–H and O–H groups in total. The van der Waals surface area contributed by atoms with Crippen LogP contribution in [0.25, 0.3) is 0 Å². The normalized spacial score (nSPS) is 10.6. The van der Waals surface area contributed by atoms with Gasteiger partial charge in [0, 0.05) is 25.5 Å². The van der Waals surface area contributed by atoms with Crippen LogP contribution < -0.4 is 4.90 Å². The van der Waals surface area contributed by atoms with Crippen molar-refractivity contribution < 1.29 is 18.3 Å². The number of aryl methyl sites for hydroxylation is 1. The van der Waals surface area contributed by atoms with Gasteiger partial charge in [0.15, 0.2) is 0 Å². The molecule has 0 saturated heterocycles. The summed E-state index contributed by atoms with van der Waals surface area (Å²) in [6.45, 7) is 8.18.